The van der Waals surface area contributed by atoms with Crippen LogP contribution in [0.4, 0.5) is 17.2 Å². The van der Waals surface area contributed by atoms with Crippen molar-refractivity contribution in [3.8, 4) is 0 Å². The zero-order valence-electron chi connectivity index (χ0n) is 21.6. The molecule has 5 rings (SSSR count). The van der Waals surface area contributed by atoms with Crippen LogP contribution in [0.2, 0.25) is 10.0 Å². The molecule has 3 heterocycles. The van der Waals surface area contributed by atoms with Crippen LogP contribution in [0.15, 0.2) is 71.8 Å². The number of sulfonamides is 1. The van der Waals surface area contributed by atoms with Crippen molar-refractivity contribution in [3.63, 3.8) is 0 Å². The summed E-state index contributed by atoms with van der Waals surface area (Å²) in [4.78, 5) is 32.6. The number of piperidine rings is 1. The van der Waals surface area contributed by atoms with Crippen molar-refractivity contribution < 1.29 is 18.0 Å². The molecule has 1 fully saturated rings. The maximum atomic E-state index is 13.9. The van der Waals surface area contributed by atoms with E-state index in [1.54, 1.807) is 30.5 Å². The van der Waals surface area contributed by atoms with E-state index in [4.69, 9.17) is 23.2 Å². The van der Waals surface area contributed by atoms with Crippen molar-refractivity contribution in [1.82, 2.24) is 10.3 Å². The number of carbonyl (C=O) groups is 2. The Bertz CT molecular complexity index is 1500. The maximum Gasteiger partial charge on any atom is 0.266 e. The molecule has 1 unspecified atom stereocenters. The Morgan fingerprint density at radius 3 is 2.52 bits per heavy atom. The first-order valence-electron chi connectivity index (χ1n) is 13.1. The van der Waals surface area contributed by atoms with Gasteiger partial charge in [-0.2, -0.15) is 0 Å². The number of hydrogen-bond donors (Lipinski definition) is 2. The van der Waals surface area contributed by atoms with Crippen LogP contribution in [0, 0.1) is 5.92 Å². The number of nitrogens with zero attached hydrogens (tertiary/aromatic N) is 3. The Morgan fingerprint density at radius 2 is 1.77 bits per heavy atom. The van der Waals surface area contributed by atoms with Gasteiger partial charge in [0.2, 0.25) is 11.8 Å². The van der Waals surface area contributed by atoms with Gasteiger partial charge in [-0.1, -0.05) is 47.5 Å². The van der Waals surface area contributed by atoms with E-state index in [9.17, 15) is 18.0 Å². The van der Waals surface area contributed by atoms with E-state index < -0.39 is 27.9 Å². The largest absolute Gasteiger partial charge is 0.357 e. The Kier molecular flexibility index (Phi) is 8.48. The third kappa shape index (κ3) is 5.89. The molecule has 2 aromatic carbocycles. The molecule has 0 saturated carbocycles. The van der Waals surface area contributed by atoms with Gasteiger partial charge in [-0.25, -0.2) is 13.4 Å². The zero-order valence-corrected chi connectivity index (χ0v) is 23.9. The van der Waals surface area contributed by atoms with Crippen LogP contribution < -0.4 is 19.8 Å². The number of para-hydroxylation sites is 2. The fourth-order valence-electron chi connectivity index (χ4n) is 5.18. The predicted octanol–water partition coefficient (Wildman–Crippen LogP) is 4.72. The fourth-order valence-corrected chi connectivity index (χ4v) is 7.55. The maximum absolute atomic E-state index is 13.9. The van der Waals surface area contributed by atoms with Crippen LogP contribution in [0.3, 0.4) is 0 Å². The molecule has 0 radical (unpaired) electrons. The predicted molar refractivity (Wildman–Crippen MR) is 156 cm³/mol. The van der Waals surface area contributed by atoms with Gasteiger partial charge in [0.15, 0.2) is 0 Å². The van der Waals surface area contributed by atoms with Crippen molar-refractivity contribution in [2.45, 2.75) is 36.6 Å². The van der Waals surface area contributed by atoms with E-state index in [0.29, 0.717) is 18.2 Å². The van der Waals surface area contributed by atoms with E-state index in [2.05, 4.69) is 20.5 Å². The number of anilines is 3. The first-order chi connectivity index (χ1) is 19.3. The van der Waals surface area contributed by atoms with Crippen LogP contribution >= 0.6 is 23.2 Å². The summed E-state index contributed by atoms with van der Waals surface area (Å²) in [5, 5.41) is 5.53. The molecule has 9 nitrogen and oxygen atoms in total. The zero-order chi connectivity index (χ0) is 28.3. The molecule has 0 aliphatic carbocycles. The summed E-state index contributed by atoms with van der Waals surface area (Å²) in [7, 11) is -4.36. The van der Waals surface area contributed by atoms with Crippen LogP contribution in [0.1, 0.15) is 25.7 Å². The van der Waals surface area contributed by atoms with Crippen LogP contribution in [0.25, 0.3) is 0 Å². The molecule has 40 heavy (non-hydrogen) atoms. The standard InChI is InChI=1S/C28H29Cl2N5O4S/c29-20-6-5-9-24(27(20)30)40(38,39)35-22-8-2-1-7-21(22)33-28(37)23(35)18-26(36)32-15-11-19-12-16-34(17-13-19)25-10-3-4-14-31-25/h1-10,14,19,23H,11-13,15-18H2,(H,32,36)(H,33,37). The van der Waals surface area contributed by atoms with E-state index in [-0.39, 0.29) is 27.0 Å². The van der Waals surface area contributed by atoms with Gasteiger partial charge in [0, 0.05) is 25.8 Å². The lowest BCUT2D eigenvalue weighted by Gasteiger charge is -2.37. The second kappa shape index (κ2) is 12.0. The third-order valence-electron chi connectivity index (χ3n) is 7.28. The number of benzene rings is 2. The van der Waals surface area contributed by atoms with Gasteiger partial charge < -0.3 is 15.5 Å². The Labute approximate surface area is 243 Å². The Hall–Kier alpha value is -3.34. The quantitative estimate of drug-likeness (QED) is 0.386. The molecule has 0 spiro atoms. The third-order valence-corrected chi connectivity index (χ3v) is 10.1. The first-order valence-corrected chi connectivity index (χ1v) is 15.3. The van der Waals surface area contributed by atoms with Crippen LogP contribution in [0.5, 0.6) is 0 Å². The van der Waals surface area contributed by atoms with Gasteiger partial charge in [-0.05, 0) is 61.6 Å². The van der Waals surface area contributed by atoms with Gasteiger partial charge in [0.1, 0.15) is 16.8 Å². The molecule has 1 saturated heterocycles. The summed E-state index contributed by atoms with van der Waals surface area (Å²) in [6.45, 7) is 2.23. The summed E-state index contributed by atoms with van der Waals surface area (Å²) in [5.74, 6) is 0.410. The minimum absolute atomic E-state index is 0.0673. The van der Waals surface area contributed by atoms with Crippen molar-refractivity contribution in [3.05, 3.63) is 76.9 Å². The second-order valence-electron chi connectivity index (χ2n) is 9.84. The summed E-state index contributed by atoms with van der Waals surface area (Å²) in [5.41, 5.74) is 0.568. The summed E-state index contributed by atoms with van der Waals surface area (Å²) >= 11 is 12.4. The van der Waals surface area contributed by atoms with E-state index in [1.165, 1.54) is 18.2 Å². The molecule has 12 heteroatoms. The van der Waals surface area contributed by atoms with Crippen molar-refractivity contribution in [2.75, 3.05) is 34.2 Å². The van der Waals surface area contributed by atoms with Crippen LogP contribution in [-0.2, 0) is 19.6 Å². The normalized spacial score (nSPS) is 17.8. The summed E-state index contributed by atoms with van der Waals surface area (Å²) < 4.78 is 28.7. The highest BCUT2D eigenvalue weighted by Crippen LogP contribution is 2.40. The van der Waals surface area contributed by atoms with Crippen molar-refractivity contribution in [1.29, 1.82) is 0 Å². The van der Waals surface area contributed by atoms with Gasteiger partial charge >= 0.3 is 0 Å². The van der Waals surface area contributed by atoms with Gasteiger partial charge in [0.25, 0.3) is 10.0 Å². The molecule has 2 N–H and O–H groups in total. The lowest BCUT2D eigenvalue weighted by Crippen LogP contribution is -2.52. The number of amides is 2. The monoisotopic (exact) mass is 601 g/mol. The number of pyridine rings is 1. The van der Waals surface area contributed by atoms with Gasteiger partial charge in [-0.15, -0.1) is 0 Å². The van der Waals surface area contributed by atoms with E-state index in [1.807, 2.05) is 18.2 Å². The number of halogens is 2. The SMILES string of the molecule is O=C(CC1C(=O)Nc2ccccc2N1S(=O)(=O)c1cccc(Cl)c1Cl)NCCC1CCN(c2ccccn2)CC1. The molecule has 210 valence electrons. The van der Waals surface area contributed by atoms with E-state index >= 15 is 0 Å². The highest BCUT2D eigenvalue weighted by atomic mass is 35.5. The van der Waals surface area contributed by atoms with Gasteiger partial charge in [0.05, 0.1) is 27.8 Å². The topological polar surface area (TPSA) is 112 Å². The number of carbonyl (C=O) groups excluding carboxylic acids is 2. The Morgan fingerprint density at radius 1 is 1.02 bits per heavy atom. The number of nitrogens with one attached hydrogen (secondary N) is 2. The minimum atomic E-state index is -4.36. The summed E-state index contributed by atoms with van der Waals surface area (Å²) in [6.07, 6.45) is 4.21. The van der Waals surface area contributed by atoms with Gasteiger partial charge in [-0.3, -0.25) is 13.9 Å². The smallest absolute Gasteiger partial charge is 0.266 e. The molecule has 2 amide bonds. The number of fused-ring (bicyclic) bond motifs is 1. The van der Waals surface area contributed by atoms with Crippen molar-refractivity contribution >= 4 is 62.2 Å². The van der Waals surface area contributed by atoms with E-state index in [0.717, 1.165) is 42.5 Å². The minimum Gasteiger partial charge on any atom is -0.357 e. The second-order valence-corrected chi connectivity index (χ2v) is 12.4. The number of aromatic nitrogens is 1. The lowest BCUT2D eigenvalue weighted by atomic mass is 9.93. The average Bonchev–Trinajstić information content (AvgIpc) is 2.95. The van der Waals surface area contributed by atoms with Crippen molar-refractivity contribution in [2.24, 2.45) is 5.92 Å². The number of hydrogen-bond acceptors (Lipinski definition) is 6. The summed E-state index contributed by atoms with van der Waals surface area (Å²) in [6, 6.07) is 15.4. The van der Waals surface area contributed by atoms with Crippen LogP contribution in [-0.4, -0.2) is 50.9 Å². The molecule has 0 bridgehead atoms. The molecule has 1 aromatic heterocycles. The molecule has 3 aromatic rings. The molecular formula is C28H29Cl2N5O4S. The lowest BCUT2D eigenvalue weighted by molar-refractivity contribution is -0.125. The number of rotatable bonds is 8. The average molecular weight is 603 g/mol. The molecular weight excluding hydrogens is 573 g/mol. The Balaban J connectivity index is 1.25. The molecule has 2 aliphatic heterocycles. The highest BCUT2D eigenvalue weighted by molar-refractivity contribution is 7.93. The molecule has 2 aliphatic rings. The first kappa shape index (κ1) is 28.2. The fraction of sp³-hybridized carbons (Fsp3) is 0.321. The highest BCUT2D eigenvalue weighted by Gasteiger charge is 2.42. The molecule has 1 atom stereocenters.